The van der Waals surface area contributed by atoms with Crippen LogP contribution in [0.3, 0.4) is 0 Å². The molecule has 1 aliphatic rings. The molecule has 0 atom stereocenters. The quantitative estimate of drug-likeness (QED) is 0.648. The Bertz CT molecular complexity index is 273. The maximum absolute atomic E-state index is 11.8. The van der Waals surface area contributed by atoms with Crippen LogP contribution in [0.2, 0.25) is 0 Å². The average molecular weight is 242 g/mol. The van der Waals surface area contributed by atoms with Crippen molar-refractivity contribution < 1.29 is 9.59 Å². The van der Waals surface area contributed by atoms with Crippen molar-refractivity contribution >= 4 is 11.8 Å². The summed E-state index contributed by atoms with van der Waals surface area (Å²) >= 11 is 0. The van der Waals surface area contributed by atoms with Gasteiger partial charge >= 0.3 is 0 Å². The highest BCUT2D eigenvalue weighted by Crippen LogP contribution is 2.02. The van der Waals surface area contributed by atoms with E-state index < -0.39 is 0 Å². The third-order valence-electron chi connectivity index (χ3n) is 2.76. The van der Waals surface area contributed by atoms with Gasteiger partial charge < -0.3 is 20.0 Å². The Morgan fingerprint density at radius 2 is 1.53 bits per heavy atom. The molecule has 0 aromatic rings. The number of hydrogen-bond acceptors (Lipinski definition) is 4. The lowest BCUT2D eigenvalue weighted by molar-refractivity contribution is -0.139. The van der Waals surface area contributed by atoms with Gasteiger partial charge in [0.1, 0.15) is 0 Å². The number of piperazine rings is 1. The van der Waals surface area contributed by atoms with Gasteiger partial charge in [0.05, 0.1) is 13.1 Å². The Balaban J connectivity index is 2.35. The molecule has 6 heteroatoms. The first-order valence-corrected chi connectivity index (χ1v) is 5.89. The Labute approximate surface area is 103 Å². The summed E-state index contributed by atoms with van der Waals surface area (Å²) in [7, 11) is 5.52. The van der Waals surface area contributed by atoms with Gasteiger partial charge in [-0.2, -0.15) is 0 Å². The molecular weight excluding hydrogens is 220 g/mol. The van der Waals surface area contributed by atoms with E-state index in [0.29, 0.717) is 39.3 Å². The summed E-state index contributed by atoms with van der Waals surface area (Å²) in [6.07, 6.45) is 0. The van der Waals surface area contributed by atoms with E-state index in [2.05, 4.69) is 5.32 Å². The molecule has 0 aromatic carbocycles. The number of likely N-dealkylation sites (N-methyl/N-ethyl adjacent to an activating group) is 2. The molecule has 0 aliphatic carbocycles. The molecule has 2 amide bonds. The van der Waals surface area contributed by atoms with Crippen molar-refractivity contribution in [2.75, 3.05) is 60.4 Å². The van der Waals surface area contributed by atoms with Gasteiger partial charge in [0.25, 0.3) is 0 Å². The van der Waals surface area contributed by atoms with Gasteiger partial charge in [-0.05, 0) is 21.1 Å². The Morgan fingerprint density at radius 3 is 1.94 bits per heavy atom. The van der Waals surface area contributed by atoms with Gasteiger partial charge in [0.2, 0.25) is 11.8 Å². The fraction of sp³-hybridized carbons (Fsp3) is 0.818. The zero-order valence-electron chi connectivity index (χ0n) is 10.9. The smallest absolute Gasteiger partial charge is 0.236 e. The highest BCUT2D eigenvalue weighted by atomic mass is 16.2. The first-order chi connectivity index (χ1) is 8.04. The van der Waals surface area contributed by atoms with Crippen LogP contribution in [-0.4, -0.2) is 86.9 Å². The van der Waals surface area contributed by atoms with Crippen LogP contribution in [0, 0.1) is 0 Å². The zero-order chi connectivity index (χ0) is 12.8. The standard InChI is InChI=1S/C11H22N4O2/c1-12-8-10(16)14-4-6-15(7-5-14)11(17)9-13(2)3/h12H,4-9H2,1-3H3. The average Bonchev–Trinajstić information content (AvgIpc) is 2.28. The number of nitrogens with one attached hydrogen (secondary N) is 1. The molecule has 1 saturated heterocycles. The molecule has 0 saturated carbocycles. The van der Waals surface area contributed by atoms with Crippen molar-refractivity contribution in [3.05, 3.63) is 0 Å². The second-order valence-corrected chi connectivity index (χ2v) is 4.53. The van der Waals surface area contributed by atoms with E-state index in [4.69, 9.17) is 0 Å². The van der Waals surface area contributed by atoms with E-state index in [9.17, 15) is 9.59 Å². The van der Waals surface area contributed by atoms with E-state index in [0.717, 1.165) is 0 Å². The molecule has 1 N–H and O–H groups in total. The van der Waals surface area contributed by atoms with Crippen LogP contribution in [0.25, 0.3) is 0 Å². The summed E-state index contributed by atoms with van der Waals surface area (Å²) in [5.41, 5.74) is 0. The Morgan fingerprint density at radius 1 is 1.06 bits per heavy atom. The minimum absolute atomic E-state index is 0.104. The fourth-order valence-electron chi connectivity index (χ4n) is 1.84. The van der Waals surface area contributed by atoms with Crippen molar-refractivity contribution in [1.29, 1.82) is 0 Å². The number of hydrogen-bond donors (Lipinski definition) is 1. The van der Waals surface area contributed by atoms with Crippen LogP contribution in [-0.2, 0) is 9.59 Å². The molecule has 0 spiro atoms. The highest BCUT2D eigenvalue weighted by molar-refractivity contribution is 5.80. The van der Waals surface area contributed by atoms with Gasteiger partial charge in [-0.15, -0.1) is 0 Å². The molecule has 0 aromatic heterocycles. The summed E-state index contributed by atoms with van der Waals surface area (Å²) in [6, 6.07) is 0. The largest absolute Gasteiger partial charge is 0.338 e. The number of amides is 2. The van der Waals surface area contributed by atoms with Crippen molar-refractivity contribution in [2.24, 2.45) is 0 Å². The lowest BCUT2D eigenvalue weighted by Gasteiger charge is -2.35. The zero-order valence-corrected chi connectivity index (χ0v) is 10.9. The van der Waals surface area contributed by atoms with Crippen molar-refractivity contribution in [2.45, 2.75) is 0 Å². The van der Waals surface area contributed by atoms with Crippen LogP contribution >= 0.6 is 0 Å². The molecular formula is C11H22N4O2. The fourth-order valence-corrected chi connectivity index (χ4v) is 1.84. The first-order valence-electron chi connectivity index (χ1n) is 5.89. The first kappa shape index (κ1) is 13.9. The van der Waals surface area contributed by atoms with Gasteiger partial charge in [0, 0.05) is 26.2 Å². The Kier molecular flexibility index (Phi) is 5.37. The molecule has 98 valence electrons. The molecule has 1 rings (SSSR count). The topological polar surface area (TPSA) is 55.9 Å². The molecule has 6 nitrogen and oxygen atoms in total. The molecule has 0 unspecified atom stereocenters. The van der Waals surface area contributed by atoms with Crippen molar-refractivity contribution in [1.82, 2.24) is 20.0 Å². The highest BCUT2D eigenvalue weighted by Gasteiger charge is 2.23. The second-order valence-electron chi connectivity index (χ2n) is 4.53. The van der Waals surface area contributed by atoms with E-state index in [-0.39, 0.29) is 11.8 Å². The maximum Gasteiger partial charge on any atom is 0.236 e. The van der Waals surface area contributed by atoms with Crippen molar-refractivity contribution in [3.8, 4) is 0 Å². The van der Waals surface area contributed by atoms with E-state index in [1.165, 1.54) is 0 Å². The van der Waals surface area contributed by atoms with E-state index in [1.54, 1.807) is 11.9 Å². The van der Waals surface area contributed by atoms with Crippen LogP contribution < -0.4 is 5.32 Å². The molecule has 1 aliphatic heterocycles. The third-order valence-corrected chi connectivity index (χ3v) is 2.76. The SMILES string of the molecule is CNCC(=O)N1CCN(C(=O)CN(C)C)CC1. The second kappa shape index (κ2) is 6.56. The minimum atomic E-state index is 0.104. The minimum Gasteiger partial charge on any atom is -0.338 e. The van der Waals surface area contributed by atoms with Crippen molar-refractivity contribution in [3.63, 3.8) is 0 Å². The van der Waals surface area contributed by atoms with Gasteiger partial charge in [0.15, 0.2) is 0 Å². The third kappa shape index (κ3) is 4.32. The monoisotopic (exact) mass is 242 g/mol. The predicted octanol–water partition coefficient (Wildman–Crippen LogP) is -1.56. The number of nitrogens with zero attached hydrogens (tertiary/aromatic N) is 3. The van der Waals surface area contributed by atoms with E-state index in [1.807, 2.05) is 23.9 Å². The molecule has 1 fully saturated rings. The molecule has 0 bridgehead atoms. The molecule has 17 heavy (non-hydrogen) atoms. The van der Waals surface area contributed by atoms with Crippen LogP contribution in [0.1, 0.15) is 0 Å². The summed E-state index contributed by atoms with van der Waals surface area (Å²) in [6.45, 7) is 3.36. The number of rotatable bonds is 4. The summed E-state index contributed by atoms with van der Waals surface area (Å²) in [4.78, 5) is 28.9. The lowest BCUT2D eigenvalue weighted by atomic mass is 10.3. The molecule has 1 heterocycles. The summed E-state index contributed by atoms with van der Waals surface area (Å²) in [5.74, 6) is 0.239. The van der Waals surface area contributed by atoms with Gasteiger partial charge in [-0.25, -0.2) is 0 Å². The summed E-state index contributed by atoms with van der Waals surface area (Å²) in [5, 5.41) is 2.85. The Hall–Kier alpha value is -1.14. The van der Waals surface area contributed by atoms with E-state index >= 15 is 0 Å². The summed E-state index contributed by atoms with van der Waals surface area (Å²) < 4.78 is 0. The molecule has 0 radical (unpaired) electrons. The predicted molar refractivity (Wildman–Crippen MR) is 65.6 cm³/mol. The lowest BCUT2D eigenvalue weighted by Crippen LogP contribution is -2.53. The van der Waals surface area contributed by atoms with Gasteiger partial charge in [-0.3, -0.25) is 9.59 Å². The number of carbonyl (C=O) groups is 2. The van der Waals surface area contributed by atoms with Crippen LogP contribution in [0.15, 0.2) is 0 Å². The normalized spacial score (nSPS) is 16.5. The van der Waals surface area contributed by atoms with Crippen LogP contribution in [0.5, 0.6) is 0 Å². The maximum atomic E-state index is 11.8. The van der Waals surface area contributed by atoms with Gasteiger partial charge in [-0.1, -0.05) is 0 Å². The number of carbonyl (C=O) groups excluding carboxylic acids is 2. The van der Waals surface area contributed by atoms with Crippen LogP contribution in [0.4, 0.5) is 0 Å².